The van der Waals surface area contributed by atoms with E-state index in [1.165, 1.54) is 0 Å². The number of hydroxylamine groups is 1. The number of rotatable bonds is 7. The normalized spacial score (nSPS) is 15.2. The minimum Gasteiger partial charge on any atom is -0.489 e. The van der Waals surface area contributed by atoms with Gasteiger partial charge in [-0.2, -0.15) is 26.3 Å². The quantitative estimate of drug-likeness (QED) is 0.133. The highest BCUT2D eigenvalue weighted by molar-refractivity contribution is 6.31. The van der Waals surface area contributed by atoms with Gasteiger partial charge in [-0.25, -0.2) is 15.1 Å². The summed E-state index contributed by atoms with van der Waals surface area (Å²) in [5.41, 5.74) is 5.32. The SMILES string of the molecule is Cc1cc(COc2ccc(C3CCN(C(C(=O)NO)C(C)C)C3=O)cc2)c2ccc(Cl)cc2n1.O=C(O)C(F)(F)F.O=C(O)C(F)(F)F. The highest BCUT2D eigenvalue weighted by Gasteiger charge is 2.41. The first kappa shape index (κ1) is 39.5. The largest absolute Gasteiger partial charge is 0.490 e. The highest BCUT2D eigenvalue weighted by atomic mass is 35.5. The molecule has 2 atom stereocenters. The van der Waals surface area contributed by atoms with E-state index in [1.54, 1.807) is 10.4 Å². The number of aliphatic carboxylic acids is 2. The molecule has 2 unspecified atom stereocenters. The van der Waals surface area contributed by atoms with E-state index in [0.29, 0.717) is 30.3 Å². The summed E-state index contributed by atoms with van der Waals surface area (Å²) in [7, 11) is 0. The Balaban J connectivity index is 0.000000479. The Labute approximate surface area is 274 Å². The van der Waals surface area contributed by atoms with Crippen LogP contribution in [0.15, 0.2) is 48.5 Å². The van der Waals surface area contributed by atoms with Crippen molar-refractivity contribution < 1.29 is 65.7 Å². The van der Waals surface area contributed by atoms with E-state index in [4.69, 9.17) is 41.3 Å². The molecule has 2 aromatic carbocycles. The second-order valence-electron chi connectivity index (χ2n) is 10.6. The number of ether oxygens (including phenoxy) is 1. The first-order valence-electron chi connectivity index (χ1n) is 13.8. The maximum Gasteiger partial charge on any atom is 0.490 e. The van der Waals surface area contributed by atoms with Gasteiger partial charge in [-0.1, -0.05) is 43.6 Å². The van der Waals surface area contributed by atoms with Crippen molar-refractivity contribution >= 4 is 46.3 Å². The Bertz CT molecular complexity index is 1590. The number of pyridine rings is 1. The molecule has 0 spiro atoms. The number of aromatic nitrogens is 1. The van der Waals surface area contributed by atoms with Crippen molar-refractivity contribution in [3.8, 4) is 5.75 Å². The molecule has 0 saturated carbocycles. The van der Waals surface area contributed by atoms with Gasteiger partial charge in [0, 0.05) is 28.2 Å². The van der Waals surface area contributed by atoms with Crippen LogP contribution in [0.2, 0.25) is 5.02 Å². The Morgan fingerprint density at radius 3 is 2.02 bits per heavy atom. The molecule has 1 aliphatic rings. The monoisotopic (exact) mass is 709 g/mol. The van der Waals surface area contributed by atoms with Gasteiger partial charge in [0.15, 0.2) is 0 Å². The molecule has 4 rings (SSSR count). The van der Waals surface area contributed by atoms with Crippen LogP contribution in [0.4, 0.5) is 26.3 Å². The summed E-state index contributed by atoms with van der Waals surface area (Å²) < 4.78 is 69.5. The number of halogens is 7. The summed E-state index contributed by atoms with van der Waals surface area (Å²) in [4.78, 5) is 49.1. The fourth-order valence-corrected chi connectivity index (χ4v) is 4.82. The number of carboxylic acid groups (broad SMARTS) is 2. The number of carboxylic acids is 2. The number of aryl methyl sites for hydroxylation is 1. The maximum atomic E-state index is 13.1. The van der Waals surface area contributed by atoms with Crippen molar-refractivity contribution in [3.05, 3.63) is 70.4 Å². The minimum absolute atomic E-state index is 0.103. The van der Waals surface area contributed by atoms with Crippen molar-refractivity contribution in [2.75, 3.05) is 6.54 Å². The molecule has 1 aromatic heterocycles. The van der Waals surface area contributed by atoms with Crippen LogP contribution in [0.1, 0.15) is 43.0 Å². The first-order chi connectivity index (χ1) is 22.2. The molecule has 2 amide bonds. The number of hydrogen-bond donors (Lipinski definition) is 4. The number of nitrogens with zero attached hydrogens (tertiary/aromatic N) is 2. The average molecular weight is 710 g/mol. The van der Waals surface area contributed by atoms with Crippen molar-refractivity contribution in [2.24, 2.45) is 5.92 Å². The molecule has 4 N–H and O–H groups in total. The van der Waals surface area contributed by atoms with Gasteiger partial charge in [-0.05, 0) is 55.2 Å². The van der Waals surface area contributed by atoms with E-state index >= 15 is 0 Å². The molecule has 18 heteroatoms. The Morgan fingerprint density at radius 1 is 1.00 bits per heavy atom. The van der Waals surface area contributed by atoms with Crippen LogP contribution in [-0.2, 0) is 25.8 Å². The van der Waals surface area contributed by atoms with Crippen molar-refractivity contribution in [1.82, 2.24) is 15.4 Å². The molecule has 48 heavy (non-hydrogen) atoms. The van der Waals surface area contributed by atoms with Gasteiger partial charge in [0.2, 0.25) is 5.91 Å². The van der Waals surface area contributed by atoms with Crippen LogP contribution in [-0.4, -0.2) is 74.0 Å². The van der Waals surface area contributed by atoms with E-state index in [2.05, 4.69) is 4.98 Å². The number of likely N-dealkylation sites (tertiary alicyclic amines) is 1. The molecule has 0 radical (unpaired) electrons. The third-order valence-electron chi connectivity index (χ3n) is 6.73. The molecule has 0 bridgehead atoms. The second-order valence-corrected chi connectivity index (χ2v) is 11.0. The van der Waals surface area contributed by atoms with Crippen molar-refractivity contribution in [3.63, 3.8) is 0 Å². The smallest absolute Gasteiger partial charge is 0.489 e. The second kappa shape index (κ2) is 16.5. The zero-order valence-electron chi connectivity index (χ0n) is 25.4. The van der Waals surface area contributed by atoms with Crippen LogP contribution in [0.5, 0.6) is 5.75 Å². The average Bonchev–Trinajstić information content (AvgIpc) is 3.35. The van der Waals surface area contributed by atoms with Crippen molar-refractivity contribution in [2.45, 2.75) is 58.1 Å². The van der Waals surface area contributed by atoms with Crippen LogP contribution in [0, 0.1) is 12.8 Å². The van der Waals surface area contributed by atoms with Crippen LogP contribution >= 0.6 is 11.6 Å². The molecule has 1 fully saturated rings. The Hall–Kier alpha value is -4.64. The Kier molecular flexibility index (Phi) is 13.6. The summed E-state index contributed by atoms with van der Waals surface area (Å²) in [6.45, 7) is 6.50. The number of carbonyl (C=O) groups excluding carboxylic acids is 2. The summed E-state index contributed by atoms with van der Waals surface area (Å²) in [5.74, 6) is -5.92. The zero-order valence-corrected chi connectivity index (χ0v) is 26.2. The van der Waals surface area contributed by atoms with Gasteiger partial charge in [-0.3, -0.25) is 19.8 Å². The number of fused-ring (bicyclic) bond motifs is 1. The minimum atomic E-state index is -5.08. The van der Waals surface area contributed by atoms with Crippen molar-refractivity contribution in [1.29, 1.82) is 0 Å². The predicted octanol–water partition coefficient (Wildman–Crippen LogP) is 5.89. The number of alkyl halides is 6. The summed E-state index contributed by atoms with van der Waals surface area (Å²) in [6.07, 6.45) is -9.55. The number of amides is 2. The number of hydrogen-bond acceptors (Lipinski definition) is 7. The molecule has 1 aliphatic heterocycles. The standard InChI is InChI=1S/C26H28ClN3O4.2C2HF3O2/c1-15(2)24(25(31)29-33)30-11-10-22(26(30)32)17-4-7-20(8-5-17)34-14-18-12-16(3)28-23-13-19(27)6-9-21(18)23;2*3-2(4,5)1(6)7/h4-9,12-13,15,22,24,33H,10-11,14H2,1-3H3,(H,29,31);2*(H,6,7). The molecule has 0 aliphatic carbocycles. The van der Waals surface area contributed by atoms with Gasteiger partial charge < -0.3 is 19.8 Å². The molecule has 11 nitrogen and oxygen atoms in total. The molecule has 1 saturated heterocycles. The number of nitrogens with one attached hydrogen (secondary N) is 1. The summed E-state index contributed by atoms with van der Waals surface area (Å²) in [6, 6.07) is 14.5. The zero-order chi connectivity index (χ0) is 36.6. The first-order valence-corrected chi connectivity index (χ1v) is 14.2. The van der Waals surface area contributed by atoms with Gasteiger partial charge in [0.25, 0.3) is 5.91 Å². The fraction of sp³-hybridized carbons (Fsp3) is 0.367. The number of carbonyl (C=O) groups is 4. The molecular weight excluding hydrogens is 680 g/mol. The maximum absolute atomic E-state index is 13.1. The summed E-state index contributed by atoms with van der Waals surface area (Å²) in [5, 5.41) is 25.0. The molecule has 262 valence electrons. The third kappa shape index (κ3) is 11.0. The lowest BCUT2D eigenvalue weighted by Gasteiger charge is -2.29. The van der Waals surface area contributed by atoms with Gasteiger partial charge >= 0.3 is 24.3 Å². The lowest BCUT2D eigenvalue weighted by molar-refractivity contribution is -0.193. The lowest BCUT2D eigenvalue weighted by Crippen LogP contribution is -2.50. The van der Waals surface area contributed by atoms with E-state index in [1.807, 2.05) is 69.3 Å². The van der Waals surface area contributed by atoms with Crippen LogP contribution in [0.25, 0.3) is 10.9 Å². The fourth-order valence-electron chi connectivity index (χ4n) is 4.66. The van der Waals surface area contributed by atoms with Gasteiger partial charge in [0.05, 0.1) is 11.4 Å². The highest BCUT2D eigenvalue weighted by Crippen LogP contribution is 2.33. The van der Waals surface area contributed by atoms with Crippen LogP contribution < -0.4 is 10.2 Å². The Morgan fingerprint density at radius 2 is 1.54 bits per heavy atom. The van der Waals surface area contributed by atoms with E-state index in [0.717, 1.165) is 27.7 Å². The van der Waals surface area contributed by atoms with E-state index < -0.39 is 36.2 Å². The third-order valence-corrected chi connectivity index (χ3v) is 6.97. The molecule has 2 heterocycles. The molecular formula is C30H30ClF6N3O8. The molecule has 3 aromatic rings. The van der Waals surface area contributed by atoms with E-state index in [-0.39, 0.29) is 17.7 Å². The van der Waals surface area contributed by atoms with E-state index in [9.17, 15) is 35.9 Å². The summed E-state index contributed by atoms with van der Waals surface area (Å²) >= 11 is 6.11. The topological polar surface area (TPSA) is 166 Å². The van der Waals surface area contributed by atoms with Gasteiger partial charge in [0.1, 0.15) is 18.4 Å². The van der Waals surface area contributed by atoms with Crippen LogP contribution in [0.3, 0.4) is 0 Å². The number of benzene rings is 2. The lowest BCUT2D eigenvalue weighted by atomic mass is 9.97. The van der Waals surface area contributed by atoms with Gasteiger partial charge in [-0.15, -0.1) is 0 Å². The predicted molar refractivity (Wildman–Crippen MR) is 157 cm³/mol.